The minimum absolute atomic E-state index is 0. The molecule has 2 fully saturated rings. The van der Waals surface area contributed by atoms with E-state index in [0.29, 0.717) is 12.0 Å². The highest BCUT2D eigenvalue weighted by Gasteiger charge is 2.27. The largest absolute Gasteiger partial charge is 0.371 e. The Bertz CT molecular complexity index is 1130. The predicted octanol–water partition coefficient (Wildman–Crippen LogP) is 4.45. The highest BCUT2D eigenvalue weighted by molar-refractivity contribution is 5.64. The maximum atomic E-state index is 13.6. The van der Waals surface area contributed by atoms with Crippen molar-refractivity contribution in [1.82, 2.24) is 24.6 Å². The minimum atomic E-state index is -0.652. The number of benzene rings is 2. The topological polar surface area (TPSA) is 52.5 Å². The van der Waals surface area contributed by atoms with Crippen LogP contribution < -0.4 is 10.2 Å². The van der Waals surface area contributed by atoms with Gasteiger partial charge in [0.05, 0.1) is 5.69 Å². The van der Waals surface area contributed by atoms with Gasteiger partial charge in [-0.15, -0.1) is 5.10 Å². The molecule has 188 valence electrons. The van der Waals surface area contributed by atoms with Gasteiger partial charge in [0.25, 0.3) is 0 Å². The summed E-state index contributed by atoms with van der Waals surface area (Å²) >= 11 is 0. The Morgan fingerprint density at radius 1 is 0.914 bits per heavy atom. The number of piperazine rings is 1. The standard InChI is InChI=1S/C26H33F2N7.H2/c1-3-32-8-10-34(11-9-32)23-4-6-33(7-5-23)24-13-19(2)12-22(17-24)30-26-29-18-35(31-26)25-15-20(27)14-21(28)16-25;/h12-18,23H,3-11H2,1-2H3,(H,30,31);1H. The van der Waals surface area contributed by atoms with Crippen LogP contribution in [0.1, 0.15) is 26.8 Å². The van der Waals surface area contributed by atoms with Gasteiger partial charge in [0.15, 0.2) is 0 Å². The van der Waals surface area contributed by atoms with Crippen molar-refractivity contribution in [3.63, 3.8) is 0 Å². The zero-order valence-electron chi connectivity index (χ0n) is 20.4. The quantitative estimate of drug-likeness (QED) is 0.559. The van der Waals surface area contributed by atoms with Gasteiger partial charge < -0.3 is 15.1 Å². The lowest BCUT2D eigenvalue weighted by atomic mass is 10.0. The van der Waals surface area contributed by atoms with Gasteiger partial charge in [-0.25, -0.2) is 13.5 Å². The maximum absolute atomic E-state index is 13.6. The lowest BCUT2D eigenvalue weighted by molar-refractivity contribution is 0.0878. The van der Waals surface area contributed by atoms with E-state index in [1.165, 1.54) is 67.8 Å². The fourth-order valence-electron chi connectivity index (χ4n) is 5.20. The van der Waals surface area contributed by atoms with Crippen LogP contribution in [0.3, 0.4) is 0 Å². The molecular formula is C26H35F2N7. The van der Waals surface area contributed by atoms with E-state index >= 15 is 0 Å². The summed E-state index contributed by atoms with van der Waals surface area (Å²) < 4.78 is 28.5. The van der Waals surface area contributed by atoms with E-state index in [1.807, 2.05) is 6.07 Å². The Morgan fingerprint density at radius 2 is 1.63 bits per heavy atom. The number of hydrogen-bond acceptors (Lipinski definition) is 6. The second-order valence-electron chi connectivity index (χ2n) is 9.51. The number of nitrogens with one attached hydrogen (secondary N) is 1. The molecule has 2 aliphatic heterocycles. The number of aromatic nitrogens is 3. The Labute approximate surface area is 206 Å². The molecule has 3 aromatic rings. The molecule has 35 heavy (non-hydrogen) atoms. The van der Waals surface area contributed by atoms with E-state index in [0.717, 1.165) is 37.0 Å². The SMILES string of the molecule is CCN1CCN(C2CCN(c3cc(C)cc(Nc4ncn(-c5cc(F)cc(F)c5)n4)c3)CC2)CC1.[HH]. The molecule has 0 saturated carbocycles. The number of rotatable bonds is 6. The van der Waals surface area contributed by atoms with Gasteiger partial charge in [0.1, 0.15) is 18.0 Å². The zero-order chi connectivity index (χ0) is 24.4. The van der Waals surface area contributed by atoms with Crippen LogP contribution in [0.25, 0.3) is 5.69 Å². The number of hydrogen-bond donors (Lipinski definition) is 1. The van der Waals surface area contributed by atoms with Crippen LogP contribution in [0.2, 0.25) is 0 Å². The minimum Gasteiger partial charge on any atom is -0.371 e. The third-order valence-corrected chi connectivity index (χ3v) is 7.12. The van der Waals surface area contributed by atoms with Gasteiger partial charge in [-0.3, -0.25) is 4.90 Å². The summed E-state index contributed by atoms with van der Waals surface area (Å²) in [7, 11) is 0. The van der Waals surface area contributed by atoms with Crippen molar-refractivity contribution in [3.05, 3.63) is 59.9 Å². The van der Waals surface area contributed by atoms with Crippen LogP contribution in [-0.2, 0) is 0 Å². The van der Waals surface area contributed by atoms with Crippen LogP contribution in [0, 0.1) is 18.6 Å². The summed E-state index contributed by atoms with van der Waals surface area (Å²) in [6.07, 6.45) is 3.80. The van der Waals surface area contributed by atoms with E-state index < -0.39 is 11.6 Å². The van der Waals surface area contributed by atoms with E-state index in [4.69, 9.17) is 0 Å². The second-order valence-corrected chi connectivity index (χ2v) is 9.51. The van der Waals surface area contributed by atoms with Crippen molar-refractivity contribution in [2.75, 3.05) is 56.0 Å². The molecule has 2 saturated heterocycles. The van der Waals surface area contributed by atoms with E-state index in [2.05, 4.69) is 56.1 Å². The molecule has 2 aromatic carbocycles. The molecule has 0 amide bonds. The summed E-state index contributed by atoms with van der Waals surface area (Å²) in [4.78, 5) is 11.9. The molecule has 0 unspecified atom stereocenters. The van der Waals surface area contributed by atoms with E-state index in [-0.39, 0.29) is 7.11 Å². The summed E-state index contributed by atoms with van der Waals surface area (Å²) in [6.45, 7) is 12.3. The Hall–Kier alpha value is -3.04. The average Bonchev–Trinajstić information content (AvgIpc) is 3.32. The number of anilines is 3. The van der Waals surface area contributed by atoms with E-state index in [9.17, 15) is 8.78 Å². The predicted molar refractivity (Wildman–Crippen MR) is 137 cm³/mol. The first-order valence-electron chi connectivity index (χ1n) is 12.4. The van der Waals surface area contributed by atoms with Gasteiger partial charge in [0.2, 0.25) is 5.95 Å². The van der Waals surface area contributed by atoms with Gasteiger partial charge in [0, 0.05) is 64.2 Å². The highest BCUT2D eigenvalue weighted by atomic mass is 19.1. The summed E-state index contributed by atoms with van der Waals surface area (Å²) in [5.74, 6) is -0.934. The van der Waals surface area contributed by atoms with Crippen LogP contribution in [0.5, 0.6) is 0 Å². The Balaban J connectivity index is 0.00000304. The Morgan fingerprint density at radius 3 is 2.31 bits per heavy atom. The fourth-order valence-corrected chi connectivity index (χ4v) is 5.20. The van der Waals surface area contributed by atoms with Crippen molar-refractivity contribution in [3.8, 4) is 5.69 Å². The molecule has 7 nitrogen and oxygen atoms in total. The molecule has 9 heteroatoms. The van der Waals surface area contributed by atoms with Gasteiger partial charge in [-0.1, -0.05) is 6.92 Å². The first kappa shape index (κ1) is 23.7. The molecule has 2 aliphatic rings. The summed E-state index contributed by atoms with van der Waals surface area (Å²) in [5, 5.41) is 7.59. The number of aryl methyl sites for hydroxylation is 1. The molecule has 1 aromatic heterocycles. The van der Waals surface area contributed by atoms with Crippen LogP contribution >= 0.6 is 0 Å². The number of piperidine rings is 1. The molecular weight excluding hydrogens is 448 g/mol. The molecule has 0 atom stereocenters. The summed E-state index contributed by atoms with van der Waals surface area (Å²) in [5.41, 5.74) is 3.51. The second kappa shape index (κ2) is 10.3. The smallest absolute Gasteiger partial charge is 0.246 e. The maximum Gasteiger partial charge on any atom is 0.246 e. The molecule has 0 radical (unpaired) electrons. The number of nitrogens with zero attached hydrogens (tertiary/aromatic N) is 6. The van der Waals surface area contributed by atoms with Crippen molar-refractivity contribution >= 4 is 17.3 Å². The van der Waals surface area contributed by atoms with Crippen molar-refractivity contribution < 1.29 is 10.2 Å². The lowest BCUT2D eigenvalue weighted by Gasteiger charge is -2.43. The monoisotopic (exact) mass is 483 g/mol. The lowest BCUT2D eigenvalue weighted by Crippen LogP contribution is -2.53. The van der Waals surface area contributed by atoms with Crippen LogP contribution in [0.4, 0.5) is 26.1 Å². The van der Waals surface area contributed by atoms with Gasteiger partial charge in [-0.2, -0.15) is 4.98 Å². The molecule has 3 heterocycles. The molecule has 0 bridgehead atoms. The normalized spacial score (nSPS) is 18.2. The zero-order valence-corrected chi connectivity index (χ0v) is 20.4. The van der Waals surface area contributed by atoms with Crippen molar-refractivity contribution in [2.45, 2.75) is 32.7 Å². The van der Waals surface area contributed by atoms with Crippen molar-refractivity contribution in [2.24, 2.45) is 0 Å². The molecule has 5 rings (SSSR count). The van der Waals surface area contributed by atoms with Crippen LogP contribution in [-0.4, -0.2) is 76.4 Å². The molecule has 0 aliphatic carbocycles. The third kappa shape index (κ3) is 5.62. The van der Waals surface area contributed by atoms with Gasteiger partial charge >= 0.3 is 0 Å². The number of halogens is 2. The summed E-state index contributed by atoms with van der Waals surface area (Å²) in [6, 6.07) is 10.3. The fraction of sp³-hybridized carbons (Fsp3) is 0.462. The third-order valence-electron chi connectivity index (χ3n) is 7.12. The van der Waals surface area contributed by atoms with Crippen molar-refractivity contribution in [1.29, 1.82) is 0 Å². The first-order valence-corrected chi connectivity index (χ1v) is 12.4. The van der Waals surface area contributed by atoms with Crippen LogP contribution in [0.15, 0.2) is 42.7 Å². The van der Waals surface area contributed by atoms with E-state index in [1.54, 1.807) is 0 Å². The molecule has 0 spiro atoms. The average molecular weight is 484 g/mol. The Kier molecular flexibility index (Phi) is 6.97. The van der Waals surface area contributed by atoms with Gasteiger partial charge in [-0.05, 0) is 62.2 Å². The first-order chi connectivity index (χ1) is 17.0. The highest BCUT2D eigenvalue weighted by Crippen LogP contribution is 2.28. The number of likely N-dealkylation sites (N-methyl/N-ethyl adjacent to an activating group) is 1. The molecule has 1 N–H and O–H groups in total.